The van der Waals surface area contributed by atoms with Crippen molar-refractivity contribution in [3.05, 3.63) is 101 Å². The maximum Gasteiger partial charge on any atom is 0.290 e. The first-order valence-corrected chi connectivity index (χ1v) is 9.45. The zero-order chi connectivity index (χ0) is 19.8. The highest BCUT2D eigenvalue weighted by Crippen LogP contribution is 2.44. The van der Waals surface area contributed by atoms with Gasteiger partial charge in [0.2, 0.25) is 6.79 Å². The Bertz CT molecular complexity index is 1090. The minimum Gasteiger partial charge on any atom is -0.503 e. The zero-order valence-electron chi connectivity index (χ0n) is 15.6. The van der Waals surface area contributed by atoms with Crippen LogP contribution in [-0.4, -0.2) is 22.7 Å². The van der Waals surface area contributed by atoms with Crippen LogP contribution in [0.15, 0.2) is 84.6 Å². The Kier molecular flexibility index (Phi) is 4.21. The zero-order valence-corrected chi connectivity index (χ0v) is 15.6. The van der Waals surface area contributed by atoms with Crippen LogP contribution in [0.4, 0.5) is 0 Å². The smallest absolute Gasteiger partial charge is 0.290 e. The molecular formula is C24H19NO4. The summed E-state index contributed by atoms with van der Waals surface area (Å²) in [6.07, 6.45) is 0. The maximum absolute atomic E-state index is 13.1. The van der Waals surface area contributed by atoms with E-state index in [0.29, 0.717) is 23.6 Å². The quantitative estimate of drug-likeness (QED) is 0.720. The van der Waals surface area contributed by atoms with Crippen molar-refractivity contribution in [2.75, 3.05) is 6.79 Å². The molecule has 0 bridgehead atoms. The molecule has 2 aliphatic rings. The van der Waals surface area contributed by atoms with Gasteiger partial charge in [0, 0.05) is 12.1 Å². The molecule has 3 aromatic carbocycles. The van der Waals surface area contributed by atoms with Gasteiger partial charge in [-0.15, -0.1) is 0 Å². The number of amides is 1. The third-order valence-electron chi connectivity index (χ3n) is 5.29. The van der Waals surface area contributed by atoms with Crippen LogP contribution in [0.3, 0.4) is 0 Å². The molecule has 29 heavy (non-hydrogen) atoms. The number of hydrogen-bond donors (Lipinski definition) is 1. The lowest BCUT2D eigenvalue weighted by Gasteiger charge is -2.27. The minimum atomic E-state index is -0.379. The van der Waals surface area contributed by atoms with Crippen LogP contribution in [0.2, 0.25) is 0 Å². The van der Waals surface area contributed by atoms with Gasteiger partial charge < -0.3 is 19.5 Å². The second-order valence-corrected chi connectivity index (χ2v) is 7.06. The van der Waals surface area contributed by atoms with E-state index in [9.17, 15) is 9.90 Å². The molecule has 144 valence electrons. The van der Waals surface area contributed by atoms with Gasteiger partial charge in [-0.25, -0.2) is 0 Å². The molecule has 1 N–H and O–H groups in total. The molecular weight excluding hydrogens is 366 g/mol. The van der Waals surface area contributed by atoms with Crippen LogP contribution in [0.25, 0.3) is 5.57 Å². The lowest BCUT2D eigenvalue weighted by molar-refractivity contribution is -0.130. The summed E-state index contributed by atoms with van der Waals surface area (Å²) in [5, 5.41) is 10.8. The predicted molar refractivity (Wildman–Crippen MR) is 108 cm³/mol. The van der Waals surface area contributed by atoms with Crippen molar-refractivity contribution < 1.29 is 19.4 Å². The third kappa shape index (κ3) is 3.01. The van der Waals surface area contributed by atoms with E-state index in [4.69, 9.17) is 9.47 Å². The van der Waals surface area contributed by atoms with Gasteiger partial charge in [0.1, 0.15) is 0 Å². The number of nitrogens with zero attached hydrogens (tertiary/aromatic N) is 1. The molecule has 0 aliphatic carbocycles. The van der Waals surface area contributed by atoms with Crippen molar-refractivity contribution in [1.29, 1.82) is 0 Å². The van der Waals surface area contributed by atoms with Crippen LogP contribution in [-0.2, 0) is 11.3 Å². The number of benzene rings is 3. The van der Waals surface area contributed by atoms with Gasteiger partial charge >= 0.3 is 0 Å². The standard InChI is InChI=1S/C24H19NO4/c26-23-21(17-7-3-1-4-8-17)22(18-9-5-2-6-10-18)25(24(23)27)14-16-11-12-19-20(13-16)29-15-28-19/h1-13,22,26H,14-15H2/t22-/m0/s1. The van der Waals surface area contributed by atoms with Gasteiger partial charge in [0.15, 0.2) is 17.3 Å². The highest BCUT2D eigenvalue weighted by Gasteiger charge is 2.41. The number of carbonyl (C=O) groups excluding carboxylic acids is 1. The van der Waals surface area contributed by atoms with E-state index in [2.05, 4.69) is 0 Å². The summed E-state index contributed by atoms with van der Waals surface area (Å²) in [7, 11) is 0. The fourth-order valence-electron chi connectivity index (χ4n) is 3.95. The summed E-state index contributed by atoms with van der Waals surface area (Å²) < 4.78 is 10.8. The molecule has 2 heterocycles. The molecule has 5 heteroatoms. The molecule has 1 atom stereocenters. The second-order valence-electron chi connectivity index (χ2n) is 7.06. The summed E-state index contributed by atoms with van der Waals surface area (Å²) in [6.45, 7) is 0.546. The highest BCUT2D eigenvalue weighted by molar-refractivity contribution is 6.05. The number of aliphatic hydroxyl groups is 1. The van der Waals surface area contributed by atoms with Crippen molar-refractivity contribution in [2.45, 2.75) is 12.6 Å². The fourth-order valence-corrected chi connectivity index (χ4v) is 3.95. The predicted octanol–water partition coefficient (Wildman–Crippen LogP) is 4.47. The van der Waals surface area contributed by atoms with Gasteiger partial charge in [-0.1, -0.05) is 66.7 Å². The number of aliphatic hydroxyl groups excluding tert-OH is 1. The van der Waals surface area contributed by atoms with Gasteiger partial charge in [0.05, 0.1) is 6.04 Å². The molecule has 0 saturated carbocycles. The van der Waals surface area contributed by atoms with E-state index in [1.54, 1.807) is 4.90 Å². The van der Waals surface area contributed by atoms with Crippen molar-refractivity contribution in [2.24, 2.45) is 0 Å². The van der Waals surface area contributed by atoms with Gasteiger partial charge in [0.25, 0.3) is 5.91 Å². The van der Waals surface area contributed by atoms with Crippen molar-refractivity contribution in [3.63, 3.8) is 0 Å². The average molecular weight is 385 g/mol. The Morgan fingerprint density at radius 3 is 2.34 bits per heavy atom. The van der Waals surface area contributed by atoms with Crippen molar-refractivity contribution in [1.82, 2.24) is 4.90 Å². The molecule has 0 fully saturated rings. The molecule has 0 saturated heterocycles. The van der Waals surface area contributed by atoms with Gasteiger partial charge in [-0.05, 0) is 28.8 Å². The molecule has 0 spiro atoms. The topological polar surface area (TPSA) is 59.0 Å². The monoisotopic (exact) mass is 385 g/mol. The molecule has 2 aliphatic heterocycles. The molecule has 0 aromatic heterocycles. The van der Waals surface area contributed by atoms with Crippen LogP contribution < -0.4 is 9.47 Å². The largest absolute Gasteiger partial charge is 0.503 e. The van der Waals surface area contributed by atoms with Crippen molar-refractivity contribution >= 4 is 11.5 Å². The summed E-state index contributed by atoms with van der Waals surface area (Å²) in [5.41, 5.74) is 3.32. The Balaban J connectivity index is 1.57. The van der Waals surface area contributed by atoms with Crippen LogP contribution in [0, 0.1) is 0 Å². The lowest BCUT2D eigenvalue weighted by Crippen LogP contribution is -2.29. The summed E-state index contributed by atoms with van der Waals surface area (Å²) >= 11 is 0. The van der Waals surface area contributed by atoms with Gasteiger partial charge in [-0.2, -0.15) is 0 Å². The molecule has 1 amide bonds. The van der Waals surface area contributed by atoms with E-state index in [0.717, 1.165) is 16.7 Å². The molecule has 5 rings (SSSR count). The second kappa shape index (κ2) is 7.02. The summed E-state index contributed by atoms with van der Waals surface area (Å²) in [6, 6.07) is 24.6. The molecule has 0 unspecified atom stereocenters. The molecule has 3 aromatic rings. The maximum atomic E-state index is 13.1. The minimum absolute atomic E-state index is 0.203. The van der Waals surface area contributed by atoms with E-state index >= 15 is 0 Å². The first kappa shape index (κ1) is 17.4. The normalized spacial score (nSPS) is 17.9. The van der Waals surface area contributed by atoms with Crippen LogP contribution in [0.5, 0.6) is 11.5 Å². The van der Waals surface area contributed by atoms with Crippen LogP contribution in [0.1, 0.15) is 22.7 Å². The van der Waals surface area contributed by atoms with E-state index < -0.39 is 0 Å². The summed E-state index contributed by atoms with van der Waals surface area (Å²) in [4.78, 5) is 14.8. The first-order valence-electron chi connectivity index (χ1n) is 9.45. The number of hydrogen-bond acceptors (Lipinski definition) is 4. The first-order chi connectivity index (χ1) is 14.2. The van der Waals surface area contributed by atoms with E-state index in [1.807, 2.05) is 78.9 Å². The Hall–Kier alpha value is -3.73. The Labute approximate surface area is 168 Å². The number of carbonyl (C=O) groups is 1. The van der Waals surface area contributed by atoms with Gasteiger partial charge in [-0.3, -0.25) is 4.79 Å². The van der Waals surface area contributed by atoms with Crippen molar-refractivity contribution in [3.8, 4) is 11.5 Å². The molecule has 5 nitrogen and oxygen atoms in total. The highest BCUT2D eigenvalue weighted by atomic mass is 16.7. The average Bonchev–Trinajstić information content (AvgIpc) is 3.33. The van der Waals surface area contributed by atoms with E-state index in [-0.39, 0.29) is 24.5 Å². The number of rotatable bonds is 4. The number of ether oxygens (including phenoxy) is 2. The van der Waals surface area contributed by atoms with Crippen LogP contribution >= 0.6 is 0 Å². The Morgan fingerprint density at radius 2 is 1.59 bits per heavy atom. The SMILES string of the molecule is O=C1C(O)=C(c2ccccc2)[C@H](c2ccccc2)N1Cc1ccc2c(c1)OCO2. The third-order valence-corrected chi connectivity index (χ3v) is 5.29. The lowest BCUT2D eigenvalue weighted by atomic mass is 9.93. The number of fused-ring (bicyclic) bond motifs is 1. The molecule has 0 radical (unpaired) electrons. The van der Waals surface area contributed by atoms with E-state index in [1.165, 1.54) is 0 Å². The fraction of sp³-hybridized carbons (Fsp3) is 0.125. The Morgan fingerprint density at radius 1 is 0.897 bits per heavy atom. The summed E-state index contributed by atoms with van der Waals surface area (Å²) in [5.74, 6) is 0.791.